The van der Waals surface area contributed by atoms with Crippen molar-refractivity contribution in [3.8, 4) is 0 Å². The molecule has 2 N–H and O–H groups in total. The number of aromatic nitrogens is 3. The van der Waals surface area contributed by atoms with Gasteiger partial charge in [0.1, 0.15) is 16.3 Å². The topological polar surface area (TPSA) is 101 Å². The number of amides is 1. The number of aromatic amines is 1. The second-order valence-electron chi connectivity index (χ2n) is 4.63. The number of hydrogen-bond donors (Lipinski definition) is 2. The molecule has 0 fully saturated rings. The van der Waals surface area contributed by atoms with Crippen LogP contribution in [0, 0.1) is 6.92 Å². The van der Waals surface area contributed by atoms with Crippen molar-refractivity contribution in [1.82, 2.24) is 15.2 Å². The molecule has 3 aromatic heterocycles. The van der Waals surface area contributed by atoms with Crippen molar-refractivity contribution in [1.29, 1.82) is 0 Å². The predicted octanol–water partition coefficient (Wildman–Crippen LogP) is 2.55. The molecule has 116 valence electrons. The standard InChI is InChI=1S/C15H12N4O3S/c1-9-4-6-11(13(20)16-9)14(21)17-15-19-18-12(23-15)7-5-10-3-2-8-22-10/h2-8H,1H3,(H,16,20)(H,17,19,21)/b7-5+. The molecule has 7 nitrogen and oxygen atoms in total. The van der Waals surface area contributed by atoms with E-state index in [9.17, 15) is 9.59 Å². The molecule has 0 saturated carbocycles. The summed E-state index contributed by atoms with van der Waals surface area (Å²) in [7, 11) is 0. The number of rotatable bonds is 4. The molecule has 0 spiro atoms. The van der Waals surface area contributed by atoms with E-state index in [1.54, 1.807) is 37.5 Å². The predicted molar refractivity (Wildman–Crippen MR) is 87.3 cm³/mol. The Morgan fingerprint density at radius 1 is 1.30 bits per heavy atom. The number of furan rings is 1. The van der Waals surface area contributed by atoms with E-state index in [2.05, 4.69) is 20.5 Å². The van der Waals surface area contributed by atoms with E-state index in [1.165, 1.54) is 17.4 Å². The first-order valence-electron chi connectivity index (χ1n) is 6.68. The lowest BCUT2D eigenvalue weighted by molar-refractivity contribution is 0.102. The number of hydrogen-bond acceptors (Lipinski definition) is 6. The van der Waals surface area contributed by atoms with Gasteiger partial charge in [0.15, 0.2) is 0 Å². The summed E-state index contributed by atoms with van der Waals surface area (Å²) in [6.07, 6.45) is 5.05. The lowest BCUT2D eigenvalue weighted by atomic mass is 10.2. The van der Waals surface area contributed by atoms with Gasteiger partial charge in [0, 0.05) is 5.69 Å². The largest absolute Gasteiger partial charge is 0.465 e. The molecular formula is C15H12N4O3S. The van der Waals surface area contributed by atoms with Crippen LogP contribution in [0.4, 0.5) is 5.13 Å². The Kier molecular flexibility index (Phi) is 4.15. The number of nitrogens with one attached hydrogen (secondary N) is 2. The van der Waals surface area contributed by atoms with Crippen molar-refractivity contribution in [3.05, 3.63) is 62.9 Å². The summed E-state index contributed by atoms with van der Waals surface area (Å²) in [5, 5.41) is 11.3. The van der Waals surface area contributed by atoms with E-state index in [-0.39, 0.29) is 5.56 Å². The molecule has 0 aliphatic carbocycles. The van der Waals surface area contributed by atoms with Crippen LogP contribution in [0.3, 0.4) is 0 Å². The summed E-state index contributed by atoms with van der Waals surface area (Å²) < 4.78 is 5.17. The van der Waals surface area contributed by atoms with Crippen LogP contribution in [0.1, 0.15) is 26.8 Å². The fourth-order valence-corrected chi connectivity index (χ4v) is 2.45. The maximum atomic E-state index is 12.1. The monoisotopic (exact) mass is 328 g/mol. The number of carbonyl (C=O) groups excluding carboxylic acids is 1. The Labute approximate surface area is 134 Å². The van der Waals surface area contributed by atoms with Gasteiger partial charge in [0.2, 0.25) is 5.13 Å². The highest BCUT2D eigenvalue weighted by atomic mass is 32.1. The number of nitrogens with zero attached hydrogens (tertiary/aromatic N) is 2. The van der Waals surface area contributed by atoms with E-state index in [4.69, 9.17) is 4.42 Å². The lowest BCUT2D eigenvalue weighted by Gasteiger charge is -2.00. The molecule has 0 aliphatic rings. The smallest absolute Gasteiger partial charge is 0.263 e. The average Bonchev–Trinajstić information content (AvgIpc) is 3.16. The molecule has 0 atom stereocenters. The Balaban J connectivity index is 1.71. The van der Waals surface area contributed by atoms with Gasteiger partial charge >= 0.3 is 0 Å². The second kappa shape index (κ2) is 6.41. The zero-order valence-electron chi connectivity index (χ0n) is 12.1. The van der Waals surface area contributed by atoms with E-state index < -0.39 is 11.5 Å². The van der Waals surface area contributed by atoms with E-state index in [0.29, 0.717) is 21.6 Å². The molecular weight excluding hydrogens is 316 g/mol. The van der Waals surface area contributed by atoms with E-state index >= 15 is 0 Å². The summed E-state index contributed by atoms with van der Waals surface area (Å²) in [4.78, 5) is 26.4. The van der Waals surface area contributed by atoms with Crippen molar-refractivity contribution in [2.75, 3.05) is 5.32 Å². The van der Waals surface area contributed by atoms with Crippen LogP contribution < -0.4 is 10.9 Å². The first kappa shape index (κ1) is 14.9. The zero-order chi connectivity index (χ0) is 16.2. The van der Waals surface area contributed by atoms with Gasteiger partial charge in [-0.15, -0.1) is 10.2 Å². The van der Waals surface area contributed by atoms with Crippen molar-refractivity contribution in [3.63, 3.8) is 0 Å². The molecule has 3 aromatic rings. The third-order valence-electron chi connectivity index (χ3n) is 2.89. The minimum Gasteiger partial charge on any atom is -0.465 e. The number of pyridine rings is 1. The average molecular weight is 328 g/mol. The number of aryl methyl sites for hydroxylation is 1. The summed E-state index contributed by atoms with van der Waals surface area (Å²) in [6, 6.07) is 6.73. The minimum absolute atomic E-state index is 0.0264. The van der Waals surface area contributed by atoms with Crippen molar-refractivity contribution in [2.24, 2.45) is 0 Å². The first-order valence-corrected chi connectivity index (χ1v) is 7.50. The number of anilines is 1. The number of carbonyl (C=O) groups is 1. The molecule has 0 unspecified atom stereocenters. The summed E-state index contributed by atoms with van der Waals surface area (Å²) in [5.41, 5.74) is 0.274. The number of H-pyrrole nitrogens is 1. The lowest BCUT2D eigenvalue weighted by Crippen LogP contribution is -2.23. The van der Waals surface area contributed by atoms with Gasteiger partial charge in [0.25, 0.3) is 11.5 Å². The van der Waals surface area contributed by atoms with Crippen LogP contribution in [-0.4, -0.2) is 21.1 Å². The molecule has 0 aromatic carbocycles. The second-order valence-corrected chi connectivity index (χ2v) is 5.64. The Bertz CT molecular complexity index is 909. The van der Waals surface area contributed by atoms with Crippen LogP contribution in [-0.2, 0) is 0 Å². The highest BCUT2D eigenvalue weighted by Gasteiger charge is 2.13. The van der Waals surface area contributed by atoms with Crippen LogP contribution in [0.5, 0.6) is 0 Å². The van der Waals surface area contributed by atoms with Gasteiger partial charge in [-0.1, -0.05) is 11.3 Å². The van der Waals surface area contributed by atoms with Crippen LogP contribution in [0.25, 0.3) is 12.2 Å². The molecule has 0 bridgehead atoms. The Morgan fingerprint density at radius 2 is 2.17 bits per heavy atom. The minimum atomic E-state index is -0.524. The van der Waals surface area contributed by atoms with Gasteiger partial charge in [0.05, 0.1) is 6.26 Å². The summed E-state index contributed by atoms with van der Waals surface area (Å²) in [6.45, 7) is 1.74. The van der Waals surface area contributed by atoms with Crippen LogP contribution >= 0.6 is 11.3 Å². The zero-order valence-corrected chi connectivity index (χ0v) is 12.9. The SMILES string of the molecule is Cc1ccc(C(=O)Nc2nnc(/C=C/c3ccco3)s2)c(=O)[nH]1. The Hall–Kier alpha value is -3.00. The third-order valence-corrected chi connectivity index (χ3v) is 3.70. The quantitative estimate of drug-likeness (QED) is 0.766. The highest BCUT2D eigenvalue weighted by molar-refractivity contribution is 7.16. The molecule has 3 heterocycles. The summed E-state index contributed by atoms with van der Waals surface area (Å²) in [5.74, 6) is 0.168. The maximum absolute atomic E-state index is 12.1. The van der Waals surface area contributed by atoms with Crippen molar-refractivity contribution in [2.45, 2.75) is 6.92 Å². The molecule has 0 radical (unpaired) electrons. The van der Waals surface area contributed by atoms with Crippen molar-refractivity contribution < 1.29 is 9.21 Å². The highest BCUT2D eigenvalue weighted by Crippen LogP contribution is 2.18. The fraction of sp³-hybridized carbons (Fsp3) is 0.0667. The van der Waals surface area contributed by atoms with E-state index in [1.807, 2.05) is 6.07 Å². The van der Waals surface area contributed by atoms with Gasteiger partial charge in [-0.25, -0.2) is 0 Å². The molecule has 1 amide bonds. The van der Waals surface area contributed by atoms with Gasteiger partial charge in [-0.3, -0.25) is 14.9 Å². The summed E-state index contributed by atoms with van der Waals surface area (Å²) >= 11 is 1.19. The molecule has 0 aliphatic heterocycles. The maximum Gasteiger partial charge on any atom is 0.263 e. The molecule has 3 rings (SSSR count). The normalized spacial score (nSPS) is 11.0. The van der Waals surface area contributed by atoms with E-state index in [0.717, 1.165) is 0 Å². The van der Waals surface area contributed by atoms with Crippen LogP contribution in [0.15, 0.2) is 39.7 Å². The molecule has 23 heavy (non-hydrogen) atoms. The fourth-order valence-electron chi connectivity index (χ4n) is 1.81. The molecule has 8 heteroatoms. The molecule has 0 saturated heterocycles. The van der Waals surface area contributed by atoms with Crippen molar-refractivity contribution >= 4 is 34.5 Å². The van der Waals surface area contributed by atoms with Gasteiger partial charge in [-0.05, 0) is 43.3 Å². The third kappa shape index (κ3) is 3.61. The van der Waals surface area contributed by atoms with Crippen LogP contribution in [0.2, 0.25) is 0 Å². The first-order chi connectivity index (χ1) is 11.1. The Morgan fingerprint density at radius 3 is 2.91 bits per heavy atom. The van der Waals surface area contributed by atoms with Gasteiger partial charge in [-0.2, -0.15) is 0 Å². The van der Waals surface area contributed by atoms with Gasteiger partial charge < -0.3 is 9.40 Å².